The Hall–Kier alpha value is -3.19. The number of anilines is 3. The molecule has 0 unspecified atom stereocenters. The van der Waals surface area contributed by atoms with Crippen LogP contribution in [0.25, 0.3) is 0 Å². The van der Waals surface area contributed by atoms with E-state index < -0.39 is 0 Å². The molecule has 172 valence electrons. The van der Waals surface area contributed by atoms with Crippen molar-refractivity contribution in [1.29, 1.82) is 0 Å². The van der Waals surface area contributed by atoms with Crippen molar-refractivity contribution >= 4 is 34.8 Å². The van der Waals surface area contributed by atoms with E-state index >= 15 is 0 Å². The fourth-order valence-corrected chi connectivity index (χ4v) is 5.18. The first-order chi connectivity index (χ1) is 16.0. The molecule has 0 aromatic heterocycles. The predicted molar refractivity (Wildman–Crippen MR) is 127 cm³/mol. The van der Waals surface area contributed by atoms with Crippen molar-refractivity contribution in [3.8, 4) is 0 Å². The second kappa shape index (κ2) is 8.98. The fraction of sp³-hybridized carbons (Fsp3) is 0.423. The average molecular weight is 448 g/mol. The number of benzene rings is 2. The third-order valence-electron chi connectivity index (χ3n) is 6.99. The molecule has 3 amide bonds. The van der Waals surface area contributed by atoms with Crippen LogP contribution in [-0.4, -0.2) is 44.0 Å². The summed E-state index contributed by atoms with van der Waals surface area (Å²) in [7, 11) is 0. The number of carbonyl (C=O) groups is 3. The zero-order valence-electron chi connectivity index (χ0n) is 18.9. The van der Waals surface area contributed by atoms with Crippen LogP contribution >= 0.6 is 0 Å². The van der Waals surface area contributed by atoms with Crippen LogP contribution in [0.3, 0.4) is 0 Å². The lowest BCUT2D eigenvalue weighted by Gasteiger charge is -2.31. The lowest BCUT2D eigenvalue weighted by molar-refractivity contribution is -0.122. The molecule has 3 fully saturated rings. The first kappa shape index (κ1) is 21.6. The third kappa shape index (κ3) is 4.13. The molecule has 1 N–H and O–H groups in total. The van der Waals surface area contributed by atoms with E-state index in [-0.39, 0.29) is 29.6 Å². The number of carbonyl (C=O) groups excluding carboxylic acids is 3. The number of hydrogen-bond acceptors (Lipinski definition) is 5. The number of imide groups is 1. The minimum atomic E-state index is -0.265. The summed E-state index contributed by atoms with van der Waals surface area (Å²) >= 11 is 0. The third-order valence-corrected chi connectivity index (χ3v) is 6.99. The molecule has 2 atom stereocenters. The van der Waals surface area contributed by atoms with E-state index in [0.717, 1.165) is 36.9 Å². The van der Waals surface area contributed by atoms with E-state index in [9.17, 15) is 14.4 Å². The van der Waals surface area contributed by atoms with Gasteiger partial charge >= 0.3 is 0 Å². The maximum Gasteiger partial charge on any atom is 0.257 e. The first-order valence-corrected chi connectivity index (χ1v) is 11.8. The monoisotopic (exact) mass is 447 g/mol. The minimum Gasteiger partial charge on any atom is -0.378 e. The smallest absolute Gasteiger partial charge is 0.257 e. The van der Waals surface area contributed by atoms with Gasteiger partial charge in [-0.2, -0.15) is 0 Å². The summed E-state index contributed by atoms with van der Waals surface area (Å²) in [6.45, 7) is 4.53. The highest BCUT2D eigenvalue weighted by atomic mass is 16.5. The van der Waals surface area contributed by atoms with Crippen molar-refractivity contribution < 1.29 is 19.1 Å². The number of fused-ring (bicyclic) bond motifs is 1. The normalized spacial score (nSPS) is 22.9. The molecule has 0 radical (unpaired) electrons. The van der Waals surface area contributed by atoms with Crippen molar-refractivity contribution in [2.45, 2.75) is 32.6 Å². The Bertz CT molecular complexity index is 1050. The highest BCUT2D eigenvalue weighted by molar-refractivity contribution is 6.22. The van der Waals surface area contributed by atoms with Gasteiger partial charge in [-0.1, -0.05) is 30.5 Å². The summed E-state index contributed by atoms with van der Waals surface area (Å²) in [5.41, 5.74) is 3.51. The molecule has 3 aliphatic rings. The molecular weight excluding hydrogens is 418 g/mol. The molecule has 2 aromatic carbocycles. The zero-order valence-corrected chi connectivity index (χ0v) is 18.9. The molecule has 1 saturated carbocycles. The fourth-order valence-electron chi connectivity index (χ4n) is 5.18. The number of nitrogens with zero attached hydrogens (tertiary/aromatic N) is 2. The van der Waals surface area contributed by atoms with E-state index in [0.29, 0.717) is 43.2 Å². The summed E-state index contributed by atoms with van der Waals surface area (Å²) < 4.78 is 5.48. The van der Waals surface area contributed by atoms with E-state index in [1.165, 1.54) is 4.90 Å². The second-order valence-electron chi connectivity index (χ2n) is 9.13. The Morgan fingerprint density at radius 1 is 0.939 bits per heavy atom. The first-order valence-electron chi connectivity index (χ1n) is 11.8. The van der Waals surface area contributed by atoms with Crippen LogP contribution in [0.15, 0.2) is 42.5 Å². The second-order valence-corrected chi connectivity index (χ2v) is 9.13. The number of hydrogen-bond donors (Lipinski definition) is 1. The molecule has 5 rings (SSSR count). The summed E-state index contributed by atoms with van der Waals surface area (Å²) in [6, 6.07) is 13.0. The molecule has 33 heavy (non-hydrogen) atoms. The SMILES string of the molecule is Cc1ccc(NC(=O)c2cc(N3C(=O)[C@H]4CCCC[C@H]4C3=O)ccc2N2CCOCC2)cc1. The van der Waals surface area contributed by atoms with E-state index in [1.807, 2.05) is 37.3 Å². The van der Waals surface area contributed by atoms with Gasteiger partial charge in [-0.15, -0.1) is 0 Å². The Morgan fingerprint density at radius 2 is 1.58 bits per heavy atom. The number of nitrogens with one attached hydrogen (secondary N) is 1. The maximum atomic E-state index is 13.4. The molecular formula is C26H29N3O4. The van der Waals surface area contributed by atoms with Crippen LogP contribution in [-0.2, 0) is 14.3 Å². The van der Waals surface area contributed by atoms with Crippen LogP contribution in [0, 0.1) is 18.8 Å². The maximum absolute atomic E-state index is 13.4. The number of ether oxygens (including phenoxy) is 1. The van der Waals surface area contributed by atoms with Gasteiger partial charge in [-0.25, -0.2) is 0 Å². The Morgan fingerprint density at radius 3 is 2.21 bits per heavy atom. The van der Waals surface area contributed by atoms with Gasteiger partial charge in [-0.3, -0.25) is 19.3 Å². The van der Waals surface area contributed by atoms with Gasteiger partial charge in [0.2, 0.25) is 11.8 Å². The molecule has 2 saturated heterocycles. The predicted octanol–water partition coefficient (Wildman–Crippen LogP) is 3.76. The lowest BCUT2D eigenvalue weighted by atomic mass is 9.81. The van der Waals surface area contributed by atoms with Crippen LogP contribution in [0.5, 0.6) is 0 Å². The Kier molecular flexibility index (Phi) is 5.89. The van der Waals surface area contributed by atoms with Crippen LogP contribution in [0.4, 0.5) is 17.1 Å². The van der Waals surface area contributed by atoms with Crippen molar-refractivity contribution in [2.75, 3.05) is 41.4 Å². The molecule has 0 bridgehead atoms. The zero-order chi connectivity index (χ0) is 22.9. The van der Waals surface area contributed by atoms with Gasteiger partial charge in [0.15, 0.2) is 0 Å². The van der Waals surface area contributed by atoms with Gasteiger partial charge < -0.3 is 15.0 Å². The quantitative estimate of drug-likeness (QED) is 0.722. The average Bonchev–Trinajstić information content (AvgIpc) is 3.11. The standard InChI is InChI=1S/C26H29N3O4/c1-17-6-8-18(9-7-17)27-24(30)22-16-19(10-11-23(22)28-12-14-33-15-13-28)29-25(31)20-4-2-3-5-21(20)26(29)32/h6-11,16,20-21H,2-5,12-15H2,1H3,(H,27,30)/t20-,21+. The molecule has 2 heterocycles. The van der Waals surface area contributed by atoms with Crippen molar-refractivity contribution in [3.63, 3.8) is 0 Å². The number of amides is 3. The van der Waals surface area contributed by atoms with Crippen molar-refractivity contribution in [2.24, 2.45) is 11.8 Å². The van der Waals surface area contributed by atoms with Crippen molar-refractivity contribution in [3.05, 3.63) is 53.6 Å². The summed E-state index contributed by atoms with van der Waals surface area (Å²) in [5.74, 6) is -0.980. The van der Waals surface area contributed by atoms with Gasteiger partial charge in [0.05, 0.1) is 36.3 Å². The van der Waals surface area contributed by atoms with Gasteiger partial charge in [-0.05, 0) is 50.1 Å². The van der Waals surface area contributed by atoms with Crippen LogP contribution in [0.1, 0.15) is 41.6 Å². The lowest BCUT2D eigenvalue weighted by Crippen LogP contribution is -2.37. The highest BCUT2D eigenvalue weighted by Gasteiger charge is 2.48. The summed E-state index contributed by atoms with van der Waals surface area (Å²) in [4.78, 5) is 43.1. The van der Waals surface area contributed by atoms with Crippen molar-refractivity contribution in [1.82, 2.24) is 0 Å². The molecule has 2 aromatic rings. The minimum absolute atomic E-state index is 0.131. The van der Waals surface area contributed by atoms with Gasteiger partial charge in [0.25, 0.3) is 5.91 Å². The Labute approximate surface area is 193 Å². The molecule has 2 aliphatic heterocycles. The summed E-state index contributed by atoms with van der Waals surface area (Å²) in [5, 5.41) is 2.97. The van der Waals surface area contributed by atoms with E-state index in [2.05, 4.69) is 10.2 Å². The number of rotatable bonds is 4. The van der Waals surface area contributed by atoms with Gasteiger partial charge in [0.1, 0.15) is 0 Å². The van der Waals surface area contributed by atoms with E-state index in [1.54, 1.807) is 12.1 Å². The largest absolute Gasteiger partial charge is 0.378 e. The molecule has 7 nitrogen and oxygen atoms in total. The topological polar surface area (TPSA) is 79.0 Å². The Balaban J connectivity index is 1.50. The number of aryl methyl sites for hydroxylation is 1. The molecule has 0 spiro atoms. The molecule has 1 aliphatic carbocycles. The number of morpholine rings is 1. The van der Waals surface area contributed by atoms with Crippen LogP contribution in [0.2, 0.25) is 0 Å². The van der Waals surface area contributed by atoms with E-state index in [4.69, 9.17) is 4.74 Å². The highest BCUT2D eigenvalue weighted by Crippen LogP contribution is 2.41. The summed E-state index contributed by atoms with van der Waals surface area (Å²) in [6.07, 6.45) is 3.49. The van der Waals surface area contributed by atoms with Crippen LogP contribution < -0.4 is 15.1 Å². The molecule has 7 heteroatoms. The van der Waals surface area contributed by atoms with Gasteiger partial charge in [0, 0.05) is 24.5 Å².